The second-order valence-electron chi connectivity index (χ2n) is 5.14. The first-order chi connectivity index (χ1) is 8.60. The summed E-state index contributed by atoms with van der Waals surface area (Å²) in [5, 5.41) is 9.54. The maximum atomic E-state index is 11.6. The molecule has 2 rings (SSSR count). The third kappa shape index (κ3) is 2.15. The molecule has 1 unspecified atom stereocenters. The number of benzene rings is 1. The van der Waals surface area contributed by atoms with E-state index < -0.39 is 11.5 Å². The van der Waals surface area contributed by atoms with Crippen LogP contribution in [0.2, 0.25) is 0 Å². The lowest BCUT2D eigenvalue weighted by Crippen LogP contribution is -2.49. The summed E-state index contributed by atoms with van der Waals surface area (Å²) in [6.45, 7) is 5.69. The molecular formula is C15H21NO2. The van der Waals surface area contributed by atoms with Gasteiger partial charge in [-0.2, -0.15) is 0 Å². The first-order valence-corrected chi connectivity index (χ1v) is 6.63. The Bertz CT molecular complexity index is 444. The SMILES string of the molecule is CCC1(C(=O)O)CCCN1Cc1ccccc1C. The van der Waals surface area contributed by atoms with Crippen LogP contribution in [0.1, 0.15) is 37.3 Å². The van der Waals surface area contributed by atoms with Crippen LogP contribution in [0.4, 0.5) is 0 Å². The summed E-state index contributed by atoms with van der Waals surface area (Å²) in [5.41, 5.74) is 1.82. The van der Waals surface area contributed by atoms with Gasteiger partial charge in [0.15, 0.2) is 0 Å². The Hall–Kier alpha value is -1.35. The smallest absolute Gasteiger partial charge is 0.324 e. The maximum absolute atomic E-state index is 11.6. The standard InChI is InChI=1S/C15H21NO2/c1-3-15(14(17)18)9-6-10-16(15)11-13-8-5-4-7-12(13)2/h4-5,7-8H,3,6,9-11H2,1-2H3,(H,17,18). The lowest BCUT2D eigenvalue weighted by atomic mass is 9.92. The quantitative estimate of drug-likeness (QED) is 0.889. The van der Waals surface area contributed by atoms with Gasteiger partial charge in [-0.15, -0.1) is 0 Å². The van der Waals surface area contributed by atoms with E-state index in [1.54, 1.807) is 0 Å². The molecule has 18 heavy (non-hydrogen) atoms. The molecule has 1 aliphatic rings. The van der Waals surface area contributed by atoms with Gasteiger partial charge in [-0.25, -0.2) is 0 Å². The minimum absolute atomic E-state index is 0.651. The number of aliphatic carboxylic acids is 1. The Morgan fingerprint density at radius 1 is 1.44 bits per heavy atom. The molecular weight excluding hydrogens is 226 g/mol. The van der Waals surface area contributed by atoms with Crippen LogP contribution in [-0.2, 0) is 11.3 Å². The van der Waals surface area contributed by atoms with Crippen LogP contribution >= 0.6 is 0 Å². The van der Waals surface area contributed by atoms with Crippen molar-refractivity contribution in [1.82, 2.24) is 4.90 Å². The average Bonchev–Trinajstić information content (AvgIpc) is 2.76. The van der Waals surface area contributed by atoms with E-state index in [1.807, 2.05) is 19.1 Å². The zero-order valence-corrected chi connectivity index (χ0v) is 11.1. The summed E-state index contributed by atoms with van der Waals surface area (Å²) in [5.74, 6) is -0.670. The molecule has 0 saturated carbocycles. The maximum Gasteiger partial charge on any atom is 0.324 e. The second kappa shape index (κ2) is 5.11. The highest BCUT2D eigenvalue weighted by Gasteiger charge is 2.45. The molecule has 3 nitrogen and oxygen atoms in total. The van der Waals surface area contributed by atoms with Crippen LogP contribution in [0.3, 0.4) is 0 Å². The number of carbonyl (C=O) groups is 1. The fourth-order valence-corrected chi connectivity index (χ4v) is 2.95. The largest absolute Gasteiger partial charge is 0.480 e. The molecule has 0 amide bonds. The van der Waals surface area contributed by atoms with Gasteiger partial charge in [0, 0.05) is 6.54 Å². The van der Waals surface area contributed by atoms with E-state index in [1.165, 1.54) is 11.1 Å². The van der Waals surface area contributed by atoms with E-state index in [9.17, 15) is 9.90 Å². The number of likely N-dealkylation sites (tertiary alicyclic amines) is 1. The third-order valence-electron chi connectivity index (χ3n) is 4.23. The molecule has 3 heteroatoms. The van der Waals surface area contributed by atoms with Crippen LogP contribution < -0.4 is 0 Å². The fraction of sp³-hybridized carbons (Fsp3) is 0.533. The summed E-state index contributed by atoms with van der Waals surface area (Å²) in [6, 6.07) is 8.22. The summed E-state index contributed by atoms with van der Waals surface area (Å²) in [4.78, 5) is 13.7. The monoisotopic (exact) mass is 247 g/mol. The molecule has 98 valence electrons. The minimum Gasteiger partial charge on any atom is -0.480 e. The zero-order valence-electron chi connectivity index (χ0n) is 11.1. The summed E-state index contributed by atoms with van der Waals surface area (Å²) < 4.78 is 0. The van der Waals surface area contributed by atoms with Crippen LogP contribution in [0, 0.1) is 6.92 Å². The number of hydrogen-bond acceptors (Lipinski definition) is 2. The Kier molecular flexibility index (Phi) is 3.71. The van der Waals surface area contributed by atoms with Crippen molar-refractivity contribution in [3.8, 4) is 0 Å². The molecule has 0 spiro atoms. The second-order valence-corrected chi connectivity index (χ2v) is 5.14. The third-order valence-corrected chi connectivity index (χ3v) is 4.23. The Morgan fingerprint density at radius 3 is 2.78 bits per heavy atom. The van der Waals surface area contributed by atoms with Gasteiger partial charge >= 0.3 is 5.97 Å². The van der Waals surface area contributed by atoms with Crippen LogP contribution in [0.5, 0.6) is 0 Å². The van der Waals surface area contributed by atoms with Crippen LogP contribution in [0.25, 0.3) is 0 Å². The Balaban J connectivity index is 2.23. The van der Waals surface area contributed by atoms with E-state index in [-0.39, 0.29) is 0 Å². The van der Waals surface area contributed by atoms with Gasteiger partial charge < -0.3 is 5.11 Å². The van der Waals surface area contributed by atoms with Crippen molar-refractivity contribution in [2.45, 2.75) is 45.2 Å². The normalized spacial score (nSPS) is 24.3. The highest BCUT2D eigenvalue weighted by molar-refractivity contribution is 5.79. The molecule has 1 saturated heterocycles. The summed E-state index contributed by atoms with van der Waals surface area (Å²) >= 11 is 0. The van der Waals surface area contributed by atoms with Gasteiger partial charge in [0.2, 0.25) is 0 Å². The van der Waals surface area contributed by atoms with Crippen LogP contribution in [0.15, 0.2) is 24.3 Å². The lowest BCUT2D eigenvalue weighted by molar-refractivity contribution is -0.150. The minimum atomic E-state index is -0.670. The van der Waals surface area contributed by atoms with Gasteiger partial charge in [0.25, 0.3) is 0 Å². The fourth-order valence-electron chi connectivity index (χ4n) is 2.95. The average molecular weight is 247 g/mol. The van der Waals surface area contributed by atoms with Crippen molar-refractivity contribution in [1.29, 1.82) is 0 Å². The van der Waals surface area contributed by atoms with Gasteiger partial charge in [-0.1, -0.05) is 31.2 Å². The van der Waals surface area contributed by atoms with Crippen molar-refractivity contribution in [3.05, 3.63) is 35.4 Å². The van der Waals surface area contributed by atoms with Gasteiger partial charge in [-0.05, 0) is 43.9 Å². The summed E-state index contributed by atoms with van der Waals surface area (Å²) in [6.07, 6.45) is 2.42. The highest BCUT2D eigenvalue weighted by Crippen LogP contribution is 2.34. The zero-order chi connectivity index (χ0) is 13.2. The van der Waals surface area contributed by atoms with Gasteiger partial charge in [0.1, 0.15) is 5.54 Å². The first-order valence-electron chi connectivity index (χ1n) is 6.63. The van der Waals surface area contributed by atoms with Crippen molar-refractivity contribution < 1.29 is 9.90 Å². The van der Waals surface area contributed by atoms with E-state index in [0.717, 1.165) is 25.9 Å². The number of carboxylic acids is 1. The number of rotatable bonds is 4. The molecule has 0 radical (unpaired) electrons. The van der Waals surface area contributed by atoms with E-state index >= 15 is 0 Å². The predicted octanol–water partition coefficient (Wildman–Crippen LogP) is 2.82. The molecule has 1 heterocycles. The molecule has 1 aliphatic heterocycles. The van der Waals surface area contributed by atoms with Crippen molar-refractivity contribution in [3.63, 3.8) is 0 Å². The molecule has 1 fully saturated rings. The van der Waals surface area contributed by atoms with Crippen molar-refractivity contribution >= 4 is 5.97 Å². The first kappa shape index (κ1) is 13.1. The van der Waals surface area contributed by atoms with Gasteiger partial charge in [0.05, 0.1) is 0 Å². The topological polar surface area (TPSA) is 40.5 Å². The predicted molar refractivity (Wildman–Crippen MR) is 71.5 cm³/mol. The van der Waals surface area contributed by atoms with Crippen molar-refractivity contribution in [2.75, 3.05) is 6.54 Å². The van der Waals surface area contributed by atoms with E-state index in [2.05, 4.69) is 24.0 Å². The Morgan fingerprint density at radius 2 is 2.17 bits per heavy atom. The molecule has 0 aromatic heterocycles. The molecule has 1 N–H and O–H groups in total. The molecule has 0 aliphatic carbocycles. The number of aryl methyl sites for hydroxylation is 1. The van der Waals surface area contributed by atoms with Crippen molar-refractivity contribution in [2.24, 2.45) is 0 Å². The number of hydrogen-bond donors (Lipinski definition) is 1. The number of carboxylic acid groups (broad SMARTS) is 1. The molecule has 1 atom stereocenters. The highest BCUT2D eigenvalue weighted by atomic mass is 16.4. The summed E-state index contributed by atoms with van der Waals surface area (Å²) in [7, 11) is 0. The lowest BCUT2D eigenvalue weighted by Gasteiger charge is -2.34. The van der Waals surface area contributed by atoms with E-state index in [0.29, 0.717) is 6.42 Å². The van der Waals surface area contributed by atoms with Gasteiger partial charge in [-0.3, -0.25) is 9.69 Å². The molecule has 0 bridgehead atoms. The van der Waals surface area contributed by atoms with E-state index in [4.69, 9.17) is 0 Å². The Labute approximate surface area is 108 Å². The number of nitrogens with zero attached hydrogens (tertiary/aromatic N) is 1. The molecule has 1 aromatic carbocycles. The molecule has 1 aromatic rings. The van der Waals surface area contributed by atoms with Crippen LogP contribution in [-0.4, -0.2) is 28.1 Å².